The fourth-order valence-electron chi connectivity index (χ4n) is 4.18. The minimum atomic E-state index is -0.353. The number of carbonyl (C=O) groups excluding carboxylic acids is 2. The molecule has 1 saturated heterocycles. The summed E-state index contributed by atoms with van der Waals surface area (Å²) in [4.78, 5) is 32.8. The summed E-state index contributed by atoms with van der Waals surface area (Å²) in [6.07, 6.45) is 0.0518. The number of para-hydroxylation sites is 1. The predicted molar refractivity (Wildman–Crippen MR) is 127 cm³/mol. The number of halogens is 1. The van der Waals surface area contributed by atoms with E-state index in [1.165, 1.54) is 4.90 Å². The highest BCUT2D eigenvalue weighted by Gasteiger charge is 2.43. The standard InChI is InChI=1S/C25H28ClN3O3/c1-4-27-13-15-28(16-14-27)23-22(18-9-11-19(12-10-18)32-17(2)3)24(30)29(25(23)31)21-8-6-5-7-20(21)26/h5-12,17H,4,13-16H2,1-3H3. The number of nitrogens with zero attached hydrogens (tertiary/aromatic N) is 3. The van der Waals surface area contributed by atoms with E-state index in [2.05, 4.69) is 11.8 Å². The molecule has 2 aliphatic rings. The molecule has 2 heterocycles. The number of ether oxygens (including phenoxy) is 1. The first-order valence-electron chi connectivity index (χ1n) is 11.0. The molecule has 2 amide bonds. The first-order valence-corrected chi connectivity index (χ1v) is 11.4. The lowest BCUT2D eigenvalue weighted by molar-refractivity contribution is -0.120. The zero-order chi connectivity index (χ0) is 22.8. The summed E-state index contributed by atoms with van der Waals surface area (Å²) in [6, 6.07) is 14.3. The van der Waals surface area contributed by atoms with Crippen LogP contribution in [-0.2, 0) is 9.59 Å². The third-order valence-electron chi connectivity index (χ3n) is 5.80. The van der Waals surface area contributed by atoms with Crippen molar-refractivity contribution in [1.29, 1.82) is 0 Å². The Morgan fingerprint density at radius 1 is 0.938 bits per heavy atom. The molecule has 6 nitrogen and oxygen atoms in total. The van der Waals surface area contributed by atoms with E-state index in [1.54, 1.807) is 24.3 Å². The molecule has 2 aromatic carbocycles. The van der Waals surface area contributed by atoms with Gasteiger partial charge >= 0.3 is 0 Å². The second kappa shape index (κ2) is 9.35. The summed E-state index contributed by atoms with van der Waals surface area (Å²) in [6.45, 7) is 10.1. The molecule has 2 aliphatic heterocycles. The molecule has 0 atom stereocenters. The summed E-state index contributed by atoms with van der Waals surface area (Å²) < 4.78 is 5.74. The number of imide groups is 1. The topological polar surface area (TPSA) is 53.1 Å². The smallest absolute Gasteiger partial charge is 0.282 e. The molecule has 1 fully saturated rings. The molecule has 0 unspecified atom stereocenters. The number of carbonyl (C=O) groups is 2. The summed E-state index contributed by atoms with van der Waals surface area (Å²) in [5.41, 5.74) is 1.96. The van der Waals surface area contributed by atoms with Crippen molar-refractivity contribution < 1.29 is 14.3 Å². The van der Waals surface area contributed by atoms with Crippen LogP contribution in [0.3, 0.4) is 0 Å². The zero-order valence-corrected chi connectivity index (χ0v) is 19.4. The molecule has 32 heavy (non-hydrogen) atoms. The molecular formula is C25H28ClN3O3. The molecule has 0 aromatic heterocycles. The van der Waals surface area contributed by atoms with E-state index in [0.717, 1.165) is 25.4 Å². The van der Waals surface area contributed by atoms with E-state index in [-0.39, 0.29) is 17.9 Å². The van der Waals surface area contributed by atoms with Gasteiger partial charge in [-0.1, -0.05) is 42.8 Å². The lowest BCUT2D eigenvalue weighted by Crippen LogP contribution is -2.47. The number of piperazine rings is 1. The Labute approximate surface area is 194 Å². The van der Waals surface area contributed by atoms with Gasteiger partial charge < -0.3 is 14.5 Å². The Morgan fingerprint density at radius 3 is 2.19 bits per heavy atom. The van der Waals surface area contributed by atoms with Crippen LogP contribution in [0.15, 0.2) is 54.2 Å². The normalized spacial score (nSPS) is 17.7. The van der Waals surface area contributed by atoms with Crippen LogP contribution in [0.2, 0.25) is 5.02 Å². The largest absolute Gasteiger partial charge is 0.491 e. The van der Waals surface area contributed by atoms with Gasteiger partial charge in [-0.25, -0.2) is 4.90 Å². The van der Waals surface area contributed by atoms with E-state index < -0.39 is 0 Å². The molecule has 0 bridgehead atoms. The second-order valence-electron chi connectivity index (χ2n) is 8.23. The average molecular weight is 454 g/mol. The maximum atomic E-state index is 13.6. The van der Waals surface area contributed by atoms with Crippen LogP contribution in [0.1, 0.15) is 26.3 Å². The van der Waals surface area contributed by atoms with E-state index >= 15 is 0 Å². The number of likely N-dealkylation sites (N-methyl/N-ethyl adjacent to an activating group) is 1. The van der Waals surface area contributed by atoms with Crippen LogP contribution in [0, 0.1) is 0 Å². The van der Waals surface area contributed by atoms with Crippen molar-refractivity contribution in [3.63, 3.8) is 0 Å². The Balaban J connectivity index is 1.75. The van der Waals surface area contributed by atoms with E-state index in [4.69, 9.17) is 16.3 Å². The van der Waals surface area contributed by atoms with Gasteiger partial charge in [-0.05, 0) is 50.2 Å². The molecular weight excluding hydrogens is 426 g/mol. The van der Waals surface area contributed by atoms with E-state index in [0.29, 0.717) is 40.6 Å². The molecule has 0 radical (unpaired) electrons. The summed E-state index contributed by atoms with van der Waals surface area (Å²) >= 11 is 6.37. The van der Waals surface area contributed by atoms with Crippen LogP contribution in [0.25, 0.3) is 5.57 Å². The second-order valence-corrected chi connectivity index (χ2v) is 8.64. The molecule has 0 spiro atoms. The predicted octanol–water partition coefficient (Wildman–Crippen LogP) is 4.05. The third kappa shape index (κ3) is 4.25. The van der Waals surface area contributed by atoms with Crippen LogP contribution in [-0.4, -0.2) is 60.4 Å². The quantitative estimate of drug-likeness (QED) is 0.617. The van der Waals surface area contributed by atoms with Gasteiger partial charge in [0.15, 0.2) is 0 Å². The fourth-order valence-corrected chi connectivity index (χ4v) is 4.40. The number of hydrogen-bond acceptors (Lipinski definition) is 5. The molecule has 168 valence electrons. The number of rotatable bonds is 6. The summed E-state index contributed by atoms with van der Waals surface area (Å²) in [5, 5.41) is 0.367. The van der Waals surface area contributed by atoms with Crippen LogP contribution < -0.4 is 9.64 Å². The average Bonchev–Trinajstić information content (AvgIpc) is 3.04. The third-order valence-corrected chi connectivity index (χ3v) is 6.12. The van der Waals surface area contributed by atoms with Crippen LogP contribution >= 0.6 is 11.6 Å². The number of amides is 2. The van der Waals surface area contributed by atoms with Gasteiger partial charge in [0, 0.05) is 26.2 Å². The number of hydrogen-bond donors (Lipinski definition) is 0. The van der Waals surface area contributed by atoms with E-state index in [1.807, 2.05) is 43.0 Å². The summed E-state index contributed by atoms with van der Waals surface area (Å²) in [7, 11) is 0. The lowest BCUT2D eigenvalue weighted by Gasteiger charge is -2.36. The van der Waals surface area contributed by atoms with Crippen LogP contribution in [0.4, 0.5) is 5.69 Å². The highest BCUT2D eigenvalue weighted by Crippen LogP contribution is 2.38. The van der Waals surface area contributed by atoms with Crippen molar-refractivity contribution in [3.05, 3.63) is 64.8 Å². The lowest BCUT2D eigenvalue weighted by atomic mass is 10.0. The molecule has 0 N–H and O–H groups in total. The van der Waals surface area contributed by atoms with Gasteiger partial charge in [0.2, 0.25) is 0 Å². The minimum Gasteiger partial charge on any atom is -0.491 e. The van der Waals surface area contributed by atoms with Crippen molar-refractivity contribution in [2.75, 3.05) is 37.6 Å². The monoisotopic (exact) mass is 453 g/mol. The van der Waals surface area contributed by atoms with Gasteiger partial charge in [0.1, 0.15) is 11.4 Å². The highest BCUT2D eigenvalue weighted by molar-refractivity contribution is 6.47. The zero-order valence-electron chi connectivity index (χ0n) is 18.7. The van der Waals surface area contributed by atoms with Crippen LogP contribution in [0.5, 0.6) is 5.75 Å². The SMILES string of the molecule is CCN1CCN(C2=C(c3ccc(OC(C)C)cc3)C(=O)N(c3ccccc3Cl)C2=O)CC1. The van der Waals surface area contributed by atoms with Gasteiger partial charge in [-0.2, -0.15) is 0 Å². The maximum absolute atomic E-state index is 13.6. The van der Waals surface area contributed by atoms with Crippen molar-refractivity contribution in [2.24, 2.45) is 0 Å². The molecule has 4 rings (SSSR count). The van der Waals surface area contributed by atoms with Crippen molar-refractivity contribution in [2.45, 2.75) is 26.9 Å². The van der Waals surface area contributed by atoms with Gasteiger partial charge in [-0.3, -0.25) is 9.59 Å². The Kier molecular flexibility index (Phi) is 6.53. The molecule has 0 aliphatic carbocycles. The van der Waals surface area contributed by atoms with Crippen molar-refractivity contribution in [3.8, 4) is 5.75 Å². The van der Waals surface area contributed by atoms with Crippen molar-refractivity contribution >= 4 is 34.7 Å². The minimum absolute atomic E-state index is 0.0518. The summed E-state index contributed by atoms with van der Waals surface area (Å²) in [5.74, 6) is 0.0429. The molecule has 0 saturated carbocycles. The molecule has 7 heteroatoms. The fraction of sp³-hybridized carbons (Fsp3) is 0.360. The van der Waals surface area contributed by atoms with Gasteiger partial charge in [-0.15, -0.1) is 0 Å². The van der Waals surface area contributed by atoms with Gasteiger partial charge in [0.05, 0.1) is 22.4 Å². The Bertz CT molecular complexity index is 1040. The Morgan fingerprint density at radius 2 is 1.59 bits per heavy atom. The first-order chi connectivity index (χ1) is 15.4. The Hall–Kier alpha value is -2.83. The first kappa shape index (κ1) is 22.4. The van der Waals surface area contributed by atoms with E-state index in [9.17, 15) is 9.59 Å². The maximum Gasteiger partial charge on any atom is 0.282 e. The number of anilines is 1. The van der Waals surface area contributed by atoms with Crippen molar-refractivity contribution in [1.82, 2.24) is 9.80 Å². The van der Waals surface area contributed by atoms with Gasteiger partial charge in [0.25, 0.3) is 11.8 Å². The highest BCUT2D eigenvalue weighted by atomic mass is 35.5. The number of benzene rings is 2. The molecule has 2 aromatic rings.